The van der Waals surface area contributed by atoms with E-state index in [1.54, 1.807) is 25.4 Å². The Bertz CT molecular complexity index is 906. The highest BCUT2D eigenvalue weighted by molar-refractivity contribution is 5.97. The molecule has 0 saturated carbocycles. The molecule has 8 nitrogen and oxygen atoms in total. The summed E-state index contributed by atoms with van der Waals surface area (Å²) in [5.41, 5.74) is 2.55. The van der Waals surface area contributed by atoms with Gasteiger partial charge in [0.15, 0.2) is 0 Å². The highest BCUT2D eigenvalue weighted by Crippen LogP contribution is 2.24. The van der Waals surface area contributed by atoms with E-state index in [1.165, 1.54) is 6.20 Å². The molecule has 0 spiro atoms. The molecule has 142 valence electrons. The average Bonchev–Trinajstić information content (AvgIpc) is 3.11. The van der Waals surface area contributed by atoms with E-state index in [2.05, 4.69) is 20.4 Å². The van der Waals surface area contributed by atoms with E-state index in [4.69, 9.17) is 14.0 Å². The predicted octanol–water partition coefficient (Wildman–Crippen LogP) is 2.70. The second-order valence-corrected chi connectivity index (χ2v) is 6.33. The van der Waals surface area contributed by atoms with Crippen LogP contribution in [0.3, 0.4) is 0 Å². The summed E-state index contributed by atoms with van der Waals surface area (Å²) in [5, 5.41) is 7.65. The van der Waals surface area contributed by atoms with E-state index in [0.29, 0.717) is 36.9 Å². The van der Waals surface area contributed by atoms with E-state index in [1.807, 2.05) is 19.9 Å². The summed E-state index contributed by atoms with van der Waals surface area (Å²) >= 11 is 0. The van der Waals surface area contributed by atoms with Gasteiger partial charge in [-0.3, -0.25) is 4.79 Å². The molecule has 0 fully saturated rings. The van der Waals surface area contributed by atoms with Crippen LogP contribution in [0.4, 0.5) is 0 Å². The maximum Gasteiger partial charge on any atom is 0.257 e. The van der Waals surface area contributed by atoms with Gasteiger partial charge in [0.2, 0.25) is 5.88 Å². The summed E-state index contributed by atoms with van der Waals surface area (Å²) in [5.74, 6) is 0.480. The second kappa shape index (κ2) is 8.59. The molecule has 1 N–H and O–H groups in total. The van der Waals surface area contributed by atoms with Gasteiger partial charge in [0.25, 0.3) is 11.6 Å². The van der Waals surface area contributed by atoms with Crippen molar-refractivity contribution in [1.82, 2.24) is 20.4 Å². The number of hydrogen-bond donors (Lipinski definition) is 1. The number of rotatable bonds is 8. The number of fused-ring (bicyclic) bond motifs is 1. The molecule has 0 unspecified atom stereocenters. The SMILES string of the molecule is COCCOc1ccc(CNC(=O)c2cnc3onc(C(C)C)c3c2)cn1. The molecular formula is C19H22N4O4. The molecule has 0 bridgehead atoms. The normalized spacial score (nSPS) is 11.1. The maximum atomic E-state index is 12.4. The zero-order valence-electron chi connectivity index (χ0n) is 15.6. The van der Waals surface area contributed by atoms with Gasteiger partial charge in [-0.2, -0.15) is 0 Å². The number of pyridine rings is 2. The summed E-state index contributed by atoms with van der Waals surface area (Å²) in [6.07, 6.45) is 3.15. The molecule has 3 rings (SSSR count). The third-order valence-electron chi connectivity index (χ3n) is 3.95. The fraction of sp³-hybridized carbons (Fsp3) is 0.368. The lowest BCUT2D eigenvalue weighted by Crippen LogP contribution is -2.23. The van der Waals surface area contributed by atoms with Crippen LogP contribution in [0, 0.1) is 0 Å². The summed E-state index contributed by atoms with van der Waals surface area (Å²) in [6, 6.07) is 5.37. The molecule has 3 aromatic heterocycles. The van der Waals surface area contributed by atoms with E-state index in [0.717, 1.165) is 16.6 Å². The second-order valence-electron chi connectivity index (χ2n) is 6.33. The number of nitrogens with zero attached hydrogens (tertiary/aromatic N) is 3. The van der Waals surface area contributed by atoms with Gasteiger partial charge in [-0.15, -0.1) is 0 Å². The average molecular weight is 370 g/mol. The van der Waals surface area contributed by atoms with Crippen LogP contribution < -0.4 is 10.1 Å². The van der Waals surface area contributed by atoms with Gasteiger partial charge in [0, 0.05) is 32.1 Å². The Morgan fingerprint density at radius 2 is 2.07 bits per heavy atom. The zero-order valence-corrected chi connectivity index (χ0v) is 15.6. The summed E-state index contributed by atoms with van der Waals surface area (Å²) < 4.78 is 15.5. The lowest BCUT2D eigenvalue weighted by Gasteiger charge is -2.07. The monoisotopic (exact) mass is 370 g/mol. The molecule has 0 aliphatic heterocycles. The van der Waals surface area contributed by atoms with E-state index in [-0.39, 0.29) is 11.8 Å². The molecule has 3 heterocycles. The quantitative estimate of drug-likeness (QED) is 0.609. The highest BCUT2D eigenvalue weighted by atomic mass is 16.5. The van der Waals surface area contributed by atoms with Crippen molar-refractivity contribution >= 4 is 17.0 Å². The number of amides is 1. The molecule has 0 aromatic carbocycles. The lowest BCUT2D eigenvalue weighted by atomic mass is 10.1. The van der Waals surface area contributed by atoms with Gasteiger partial charge in [-0.25, -0.2) is 9.97 Å². The Balaban J connectivity index is 1.62. The van der Waals surface area contributed by atoms with Crippen molar-refractivity contribution in [2.75, 3.05) is 20.3 Å². The third kappa shape index (κ3) is 4.59. The van der Waals surface area contributed by atoms with E-state index < -0.39 is 0 Å². The van der Waals surface area contributed by atoms with Crippen LogP contribution in [0.15, 0.2) is 35.1 Å². The van der Waals surface area contributed by atoms with E-state index in [9.17, 15) is 4.79 Å². The first kappa shape index (κ1) is 18.8. The van der Waals surface area contributed by atoms with Crippen LogP contribution in [0.25, 0.3) is 11.1 Å². The zero-order chi connectivity index (χ0) is 19.2. The van der Waals surface area contributed by atoms with Crippen molar-refractivity contribution in [2.45, 2.75) is 26.3 Å². The lowest BCUT2D eigenvalue weighted by molar-refractivity contribution is 0.0950. The minimum Gasteiger partial charge on any atom is -0.475 e. The number of aromatic nitrogens is 3. The van der Waals surface area contributed by atoms with Crippen molar-refractivity contribution in [3.63, 3.8) is 0 Å². The molecule has 0 saturated heterocycles. The molecule has 0 aliphatic carbocycles. The molecule has 0 radical (unpaired) electrons. The smallest absolute Gasteiger partial charge is 0.257 e. The topological polar surface area (TPSA) is 99.4 Å². The van der Waals surface area contributed by atoms with Gasteiger partial charge in [-0.1, -0.05) is 25.1 Å². The van der Waals surface area contributed by atoms with Crippen molar-refractivity contribution in [3.8, 4) is 5.88 Å². The third-order valence-corrected chi connectivity index (χ3v) is 3.95. The maximum absolute atomic E-state index is 12.4. The number of carbonyl (C=O) groups excluding carboxylic acids is 1. The molecule has 0 atom stereocenters. The van der Waals surface area contributed by atoms with Crippen molar-refractivity contribution in [3.05, 3.63) is 47.4 Å². The van der Waals surface area contributed by atoms with Crippen molar-refractivity contribution < 1.29 is 18.8 Å². The molecule has 27 heavy (non-hydrogen) atoms. The number of hydrogen-bond acceptors (Lipinski definition) is 7. The molecule has 8 heteroatoms. The van der Waals surface area contributed by atoms with Gasteiger partial charge in [0.1, 0.15) is 6.61 Å². The summed E-state index contributed by atoms with van der Waals surface area (Å²) in [4.78, 5) is 20.8. The molecular weight excluding hydrogens is 348 g/mol. The number of ether oxygens (including phenoxy) is 2. The Kier molecular flexibility index (Phi) is 5.97. The minimum atomic E-state index is -0.222. The Labute approximate surface area is 156 Å². The standard InChI is InChI=1S/C19H22N4O4/c1-12(2)17-15-8-14(11-22-19(15)27-23-17)18(24)21-10-13-4-5-16(20-9-13)26-7-6-25-3/h4-5,8-9,11-12H,6-7,10H2,1-3H3,(H,21,24). The first-order valence-electron chi connectivity index (χ1n) is 8.68. The fourth-order valence-electron chi connectivity index (χ4n) is 2.51. The largest absolute Gasteiger partial charge is 0.475 e. The predicted molar refractivity (Wildman–Crippen MR) is 98.7 cm³/mol. The first-order valence-corrected chi connectivity index (χ1v) is 8.68. The van der Waals surface area contributed by atoms with Crippen molar-refractivity contribution in [1.29, 1.82) is 0 Å². The summed E-state index contributed by atoms with van der Waals surface area (Å²) in [7, 11) is 1.61. The number of nitrogens with one attached hydrogen (secondary N) is 1. The highest BCUT2D eigenvalue weighted by Gasteiger charge is 2.15. The molecule has 3 aromatic rings. The van der Waals surface area contributed by atoms with Crippen LogP contribution in [-0.2, 0) is 11.3 Å². The van der Waals surface area contributed by atoms with Gasteiger partial charge >= 0.3 is 0 Å². The van der Waals surface area contributed by atoms with Gasteiger partial charge in [-0.05, 0) is 17.5 Å². The molecule has 0 aliphatic rings. The fourth-order valence-corrected chi connectivity index (χ4v) is 2.51. The van der Waals surface area contributed by atoms with Gasteiger partial charge in [0.05, 0.1) is 23.3 Å². The van der Waals surface area contributed by atoms with E-state index >= 15 is 0 Å². The number of methoxy groups -OCH3 is 1. The minimum absolute atomic E-state index is 0.182. The van der Waals surface area contributed by atoms with Crippen molar-refractivity contribution in [2.24, 2.45) is 0 Å². The Morgan fingerprint density at radius 1 is 1.22 bits per heavy atom. The van der Waals surface area contributed by atoms with Gasteiger partial charge < -0.3 is 19.3 Å². The van der Waals surface area contributed by atoms with Crippen LogP contribution in [0.2, 0.25) is 0 Å². The van der Waals surface area contributed by atoms with Crippen LogP contribution in [-0.4, -0.2) is 41.4 Å². The van der Waals surface area contributed by atoms with Crippen LogP contribution in [0.1, 0.15) is 41.4 Å². The summed E-state index contributed by atoms with van der Waals surface area (Å²) in [6.45, 7) is 5.32. The first-order chi connectivity index (χ1) is 13.1. The van der Waals surface area contributed by atoms with Crippen LogP contribution >= 0.6 is 0 Å². The Hall–Kier alpha value is -3.00. The molecule has 1 amide bonds. The van der Waals surface area contributed by atoms with Crippen LogP contribution in [0.5, 0.6) is 5.88 Å². The Morgan fingerprint density at radius 3 is 2.78 bits per heavy atom. The number of carbonyl (C=O) groups is 1.